The molecule has 1 atom stereocenters. The van der Waals surface area contributed by atoms with Gasteiger partial charge in [0, 0.05) is 11.7 Å². The fraction of sp³-hybridized carbons (Fsp3) is 0.500. The van der Waals surface area contributed by atoms with Crippen LogP contribution in [0, 0.1) is 5.92 Å². The molecule has 1 unspecified atom stereocenters. The van der Waals surface area contributed by atoms with Gasteiger partial charge in [0.1, 0.15) is 0 Å². The van der Waals surface area contributed by atoms with Crippen LogP contribution in [0.1, 0.15) is 38.4 Å². The van der Waals surface area contributed by atoms with Crippen LogP contribution in [-0.2, 0) is 0 Å². The van der Waals surface area contributed by atoms with Gasteiger partial charge in [-0.1, -0.05) is 19.1 Å². The van der Waals surface area contributed by atoms with Gasteiger partial charge in [-0.05, 0) is 43.4 Å². The number of aliphatic hydroxyl groups excluding tert-OH is 1. The molecule has 0 spiro atoms. The molecule has 0 saturated heterocycles. The number of hydrogen-bond donors (Lipinski definition) is 3. The third kappa shape index (κ3) is 3.23. The maximum absolute atomic E-state index is 11.7. The summed E-state index contributed by atoms with van der Waals surface area (Å²) >= 11 is 0. The van der Waals surface area contributed by atoms with Crippen LogP contribution in [0.5, 0.6) is 0 Å². The van der Waals surface area contributed by atoms with Gasteiger partial charge in [0.05, 0.1) is 6.10 Å². The van der Waals surface area contributed by atoms with E-state index in [-0.39, 0.29) is 6.03 Å². The Morgan fingerprint density at radius 1 is 1.44 bits per heavy atom. The van der Waals surface area contributed by atoms with Crippen LogP contribution in [0.4, 0.5) is 10.5 Å². The van der Waals surface area contributed by atoms with Crippen molar-refractivity contribution < 1.29 is 9.90 Å². The Hall–Kier alpha value is -1.55. The van der Waals surface area contributed by atoms with Crippen molar-refractivity contribution >= 4 is 11.7 Å². The zero-order valence-corrected chi connectivity index (χ0v) is 10.8. The van der Waals surface area contributed by atoms with Crippen LogP contribution in [0.2, 0.25) is 0 Å². The van der Waals surface area contributed by atoms with E-state index in [4.69, 9.17) is 0 Å². The first kappa shape index (κ1) is 12.9. The highest BCUT2D eigenvalue weighted by molar-refractivity contribution is 5.89. The molecule has 0 bridgehead atoms. The summed E-state index contributed by atoms with van der Waals surface area (Å²) < 4.78 is 0. The maximum atomic E-state index is 11.7. The number of rotatable bonds is 3. The lowest BCUT2D eigenvalue weighted by atomic mass is 9.82. The second-order valence-corrected chi connectivity index (χ2v) is 5.17. The first-order valence-electron chi connectivity index (χ1n) is 6.40. The zero-order valence-electron chi connectivity index (χ0n) is 10.8. The summed E-state index contributed by atoms with van der Waals surface area (Å²) in [5, 5.41) is 15.2. The Morgan fingerprint density at radius 2 is 2.17 bits per heavy atom. The summed E-state index contributed by atoms with van der Waals surface area (Å²) in [5.74, 6) is 0.717. The fourth-order valence-corrected chi connectivity index (χ4v) is 2.25. The summed E-state index contributed by atoms with van der Waals surface area (Å²) in [6.45, 7) is 3.89. The smallest absolute Gasteiger partial charge is 0.319 e. The summed E-state index contributed by atoms with van der Waals surface area (Å²) in [5.41, 5.74) is 1.50. The minimum atomic E-state index is -0.526. The Labute approximate surface area is 107 Å². The predicted octanol–water partition coefficient (Wildman–Crippen LogP) is 2.66. The number of benzene rings is 1. The predicted molar refractivity (Wildman–Crippen MR) is 71.4 cm³/mol. The lowest BCUT2D eigenvalue weighted by molar-refractivity contribution is 0.199. The average molecular weight is 248 g/mol. The molecule has 1 saturated carbocycles. The number of hydrogen-bond acceptors (Lipinski definition) is 2. The quantitative estimate of drug-likeness (QED) is 0.770. The Kier molecular flexibility index (Phi) is 3.87. The molecule has 4 heteroatoms. The van der Waals surface area contributed by atoms with E-state index in [9.17, 15) is 9.90 Å². The first-order valence-corrected chi connectivity index (χ1v) is 6.40. The summed E-state index contributed by atoms with van der Waals surface area (Å²) in [4.78, 5) is 11.7. The van der Waals surface area contributed by atoms with Gasteiger partial charge in [0.2, 0.25) is 0 Å². The van der Waals surface area contributed by atoms with Crippen LogP contribution < -0.4 is 10.6 Å². The number of amides is 2. The van der Waals surface area contributed by atoms with Crippen molar-refractivity contribution in [2.24, 2.45) is 5.92 Å². The number of carbonyl (C=O) groups is 1. The van der Waals surface area contributed by atoms with E-state index in [0.717, 1.165) is 18.4 Å². The van der Waals surface area contributed by atoms with E-state index in [2.05, 4.69) is 17.6 Å². The fourth-order valence-electron chi connectivity index (χ4n) is 2.25. The molecule has 1 aromatic rings. The highest BCUT2D eigenvalue weighted by Crippen LogP contribution is 2.26. The summed E-state index contributed by atoms with van der Waals surface area (Å²) in [7, 11) is 0. The molecule has 4 nitrogen and oxygen atoms in total. The molecule has 0 radical (unpaired) electrons. The Bertz CT molecular complexity index is 426. The maximum Gasteiger partial charge on any atom is 0.319 e. The van der Waals surface area contributed by atoms with Crippen molar-refractivity contribution in [2.75, 3.05) is 5.32 Å². The molecule has 2 amide bonds. The molecule has 98 valence electrons. The molecule has 1 aliphatic carbocycles. The SMILES string of the molecule is CC1CC(NC(=O)Nc2cccc(C(C)O)c2)C1. The highest BCUT2D eigenvalue weighted by atomic mass is 16.3. The van der Waals surface area contributed by atoms with E-state index in [1.165, 1.54) is 0 Å². The van der Waals surface area contributed by atoms with Crippen LogP contribution in [-0.4, -0.2) is 17.2 Å². The van der Waals surface area contributed by atoms with Crippen molar-refractivity contribution in [2.45, 2.75) is 38.8 Å². The summed E-state index contributed by atoms with van der Waals surface area (Å²) in [6.07, 6.45) is 1.59. The molecule has 1 aromatic carbocycles. The number of urea groups is 1. The van der Waals surface area contributed by atoms with Crippen LogP contribution in [0.15, 0.2) is 24.3 Å². The van der Waals surface area contributed by atoms with Gasteiger partial charge in [-0.2, -0.15) is 0 Å². The number of nitrogens with one attached hydrogen (secondary N) is 2. The largest absolute Gasteiger partial charge is 0.389 e. The van der Waals surface area contributed by atoms with Gasteiger partial charge in [0.25, 0.3) is 0 Å². The van der Waals surface area contributed by atoms with Crippen LogP contribution in [0.25, 0.3) is 0 Å². The lowest BCUT2D eigenvalue weighted by Crippen LogP contribution is -2.45. The van der Waals surface area contributed by atoms with Gasteiger partial charge in [-0.3, -0.25) is 0 Å². The Balaban J connectivity index is 1.88. The number of anilines is 1. The minimum Gasteiger partial charge on any atom is -0.389 e. The molecular weight excluding hydrogens is 228 g/mol. The monoisotopic (exact) mass is 248 g/mol. The van der Waals surface area contributed by atoms with E-state index in [0.29, 0.717) is 17.6 Å². The van der Waals surface area contributed by atoms with Gasteiger partial charge < -0.3 is 15.7 Å². The van der Waals surface area contributed by atoms with Crippen LogP contribution >= 0.6 is 0 Å². The minimum absolute atomic E-state index is 0.172. The average Bonchev–Trinajstić information content (AvgIpc) is 2.27. The second-order valence-electron chi connectivity index (χ2n) is 5.17. The van der Waals surface area contributed by atoms with Gasteiger partial charge >= 0.3 is 6.03 Å². The van der Waals surface area contributed by atoms with Gasteiger partial charge in [0.15, 0.2) is 0 Å². The Morgan fingerprint density at radius 3 is 2.78 bits per heavy atom. The molecule has 18 heavy (non-hydrogen) atoms. The van der Waals surface area contributed by atoms with Crippen molar-refractivity contribution in [3.63, 3.8) is 0 Å². The topological polar surface area (TPSA) is 61.4 Å². The number of aliphatic hydroxyl groups is 1. The second kappa shape index (κ2) is 5.40. The van der Waals surface area contributed by atoms with Crippen molar-refractivity contribution in [1.82, 2.24) is 5.32 Å². The van der Waals surface area contributed by atoms with E-state index in [1.807, 2.05) is 18.2 Å². The molecule has 3 N–H and O–H groups in total. The molecule has 0 heterocycles. The van der Waals surface area contributed by atoms with Gasteiger partial charge in [-0.25, -0.2) is 4.79 Å². The lowest BCUT2D eigenvalue weighted by Gasteiger charge is -2.33. The third-order valence-corrected chi connectivity index (χ3v) is 3.34. The zero-order chi connectivity index (χ0) is 13.1. The molecule has 1 aliphatic rings. The van der Waals surface area contributed by atoms with Gasteiger partial charge in [-0.15, -0.1) is 0 Å². The number of carbonyl (C=O) groups excluding carboxylic acids is 1. The molecule has 1 fully saturated rings. The normalized spacial score (nSPS) is 23.9. The molecular formula is C14H20N2O2. The molecule has 2 rings (SSSR count). The standard InChI is InChI=1S/C14H20N2O2/c1-9-6-13(7-9)16-14(18)15-12-5-3-4-11(8-12)10(2)17/h3-5,8-10,13,17H,6-7H2,1-2H3,(H2,15,16,18). The van der Waals surface area contributed by atoms with E-state index in [1.54, 1.807) is 13.0 Å². The third-order valence-electron chi connectivity index (χ3n) is 3.34. The van der Waals surface area contributed by atoms with E-state index < -0.39 is 6.10 Å². The first-order chi connectivity index (χ1) is 8.54. The highest BCUT2D eigenvalue weighted by Gasteiger charge is 2.26. The van der Waals surface area contributed by atoms with Crippen molar-refractivity contribution in [1.29, 1.82) is 0 Å². The molecule has 0 aromatic heterocycles. The van der Waals surface area contributed by atoms with Crippen LogP contribution in [0.3, 0.4) is 0 Å². The summed E-state index contributed by atoms with van der Waals surface area (Å²) in [6, 6.07) is 7.39. The van der Waals surface area contributed by atoms with E-state index >= 15 is 0 Å². The van der Waals surface area contributed by atoms with Crippen molar-refractivity contribution in [3.05, 3.63) is 29.8 Å². The van der Waals surface area contributed by atoms with Crippen molar-refractivity contribution in [3.8, 4) is 0 Å². The molecule has 0 aliphatic heterocycles.